The van der Waals surface area contributed by atoms with Gasteiger partial charge in [0.15, 0.2) is 6.04 Å². The van der Waals surface area contributed by atoms with Crippen LogP contribution >= 0.6 is 0 Å². The Kier molecular flexibility index (Phi) is 11.8. The van der Waals surface area contributed by atoms with Crippen molar-refractivity contribution in [2.45, 2.75) is 69.3 Å². The summed E-state index contributed by atoms with van der Waals surface area (Å²) in [5, 5.41) is 35.9. The van der Waals surface area contributed by atoms with Crippen LogP contribution in [0, 0.1) is 0 Å². The van der Waals surface area contributed by atoms with Gasteiger partial charge in [-0.05, 0) is 37.9 Å². The zero-order chi connectivity index (χ0) is 29.1. The second kappa shape index (κ2) is 14.8. The van der Waals surface area contributed by atoms with Crippen LogP contribution in [0.15, 0.2) is 30.5 Å². The number of carbonyl (C=O) groups is 5. The summed E-state index contributed by atoms with van der Waals surface area (Å²) in [5.74, 6) is -5.63. The summed E-state index contributed by atoms with van der Waals surface area (Å²) in [6.07, 6.45) is 0.849. The first-order valence-corrected chi connectivity index (χ1v) is 12.5. The molecule has 1 aromatic carbocycles. The van der Waals surface area contributed by atoms with Crippen LogP contribution in [0.1, 0.15) is 38.2 Å². The van der Waals surface area contributed by atoms with Gasteiger partial charge >= 0.3 is 11.9 Å². The Hall–Kier alpha value is -4.01. The fourth-order valence-electron chi connectivity index (χ4n) is 3.95. The van der Waals surface area contributed by atoms with Crippen molar-refractivity contribution in [3.8, 4) is 0 Å². The van der Waals surface area contributed by atoms with Crippen LogP contribution < -0.4 is 27.4 Å². The number of carbonyl (C=O) groups excluding carboxylic acids is 3. The van der Waals surface area contributed by atoms with Crippen LogP contribution in [0.5, 0.6) is 0 Å². The van der Waals surface area contributed by atoms with Gasteiger partial charge in [0.2, 0.25) is 17.7 Å². The van der Waals surface area contributed by atoms with Crippen LogP contribution in [0.3, 0.4) is 0 Å². The average Bonchev–Trinajstić information content (AvgIpc) is 3.28. The summed E-state index contributed by atoms with van der Waals surface area (Å²) in [7, 11) is 0. The van der Waals surface area contributed by atoms with Crippen LogP contribution in [0.4, 0.5) is 0 Å². The number of benzene rings is 1. The minimum atomic E-state index is -1.74. The molecule has 1 aromatic heterocycles. The van der Waals surface area contributed by atoms with E-state index in [1.165, 1.54) is 0 Å². The summed E-state index contributed by atoms with van der Waals surface area (Å²) in [6, 6.07) is 1.64. The molecule has 39 heavy (non-hydrogen) atoms. The molecular weight excluding hydrogens is 512 g/mol. The number of H-pyrrole nitrogens is 1. The summed E-state index contributed by atoms with van der Waals surface area (Å²) >= 11 is 0. The number of carboxylic acid groups (broad SMARTS) is 2. The number of hydrogen-bond acceptors (Lipinski definition) is 8. The van der Waals surface area contributed by atoms with Crippen molar-refractivity contribution in [1.82, 2.24) is 20.9 Å². The van der Waals surface area contributed by atoms with E-state index >= 15 is 0 Å². The molecule has 2 rings (SSSR count). The molecule has 5 unspecified atom stereocenters. The number of fused-ring (bicyclic) bond motifs is 1. The monoisotopic (exact) mass is 548 g/mol. The first kappa shape index (κ1) is 31.2. The number of carboxylic acids is 2. The number of aliphatic carboxylic acids is 2. The zero-order valence-corrected chi connectivity index (χ0v) is 21.6. The number of nitrogens with one attached hydrogen (secondary N) is 4. The van der Waals surface area contributed by atoms with E-state index in [9.17, 15) is 39.3 Å². The quantitative estimate of drug-likeness (QED) is 0.110. The highest BCUT2D eigenvalue weighted by atomic mass is 16.4. The van der Waals surface area contributed by atoms with E-state index in [1.54, 1.807) is 12.3 Å². The number of aliphatic hydroxyl groups excluding tert-OH is 1. The lowest BCUT2D eigenvalue weighted by molar-refractivity contribution is -0.146. The molecule has 0 bridgehead atoms. The molecule has 0 radical (unpaired) electrons. The second-order valence-corrected chi connectivity index (χ2v) is 9.24. The molecule has 0 aliphatic carbocycles. The molecule has 2 aromatic rings. The molecule has 3 amide bonds. The Morgan fingerprint density at radius 3 is 2.21 bits per heavy atom. The first-order chi connectivity index (χ1) is 18.4. The van der Waals surface area contributed by atoms with Gasteiger partial charge in [0.05, 0.1) is 18.6 Å². The molecular formula is C25H36N6O8. The number of rotatable bonds is 16. The SMILES string of the molecule is CC(O)C(NC(=O)C(CC(=O)O)NC(=O)C(Cc1c[nH]c2ccccc12)NC(=O)C(N)CCCCN)C(=O)O. The molecule has 0 spiro atoms. The topological polar surface area (TPSA) is 250 Å². The maximum atomic E-state index is 13.3. The normalized spacial score (nSPS) is 15.0. The van der Waals surface area contributed by atoms with Crippen molar-refractivity contribution < 1.29 is 39.3 Å². The molecule has 5 atom stereocenters. The molecule has 0 aliphatic heterocycles. The fraction of sp³-hybridized carbons (Fsp3) is 0.480. The third-order valence-electron chi connectivity index (χ3n) is 6.10. The van der Waals surface area contributed by atoms with E-state index in [4.69, 9.17) is 11.5 Å². The van der Waals surface area contributed by atoms with E-state index in [0.717, 1.165) is 17.8 Å². The first-order valence-electron chi connectivity index (χ1n) is 12.5. The molecule has 0 aliphatic rings. The van der Waals surface area contributed by atoms with Crippen molar-refractivity contribution in [2.24, 2.45) is 11.5 Å². The van der Waals surface area contributed by atoms with Crippen molar-refractivity contribution in [1.29, 1.82) is 0 Å². The maximum absolute atomic E-state index is 13.3. The lowest BCUT2D eigenvalue weighted by atomic mass is 10.0. The van der Waals surface area contributed by atoms with Crippen molar-refractivity contribution in [2.75, 3.05) is 6.54 Å². The predicted octanol–water partition coefficient (Wildman–Crippen LogP) is -1.44. The Morgan fingerprint density at radius 1 is 0.949 bits per heavy atom. The fourth-order valence-corrected chi connectivity index (χ4v) is 3.95. The van der Waals surface area contributed by atoms with Gasteiger partial charge < -0.3 is 47.7 Å². The van der Waals surface area contributed by atoms with Gasteiger partial charge in [-0.3, -0.25) is 19.2 Å². The highest BCUT2D eigenvalue weighted by Crippen LogP contribution is 2.19. The van der Waals surface area contributed by atoms with Gasteiger partial charge in [-0.2, -0.15) is 0 Å². The predicted molar refractivity (Wildman–Crippen MR) is 140 cm³/mol. The minimum Gasteiger partial charge on any atom is -0.481 e. The van der Waals surface area contributed by atoms with Gasteiger partial charge in [-0.1, -0.05) is 24.6 Å². The van der Waals surface area contributed by atoms with Crippen LogP contribution in [0.2, 0.25) is 0 Å². The number of aromatic amines is 1. The standard InChI is InChI=1S/C25H36N6O8/c1-13(32)21(25(38)39)31-24(37)19(11-20(33)34)30-23(36)18(29-22(35)16(27)7-4-5-9-26)10-14-12-28-17-8-3-2-6-15(14)17/h2-3,6,8,12-13,16,18-19,21,28,32H,4-5,7,9-11,26-27H2,1H3,(H,29,35)(H,30,36)(H,31,37)(H,33,34)(H,38,39). The molecule has 11 N–H and O–H groups in total. The molecule has 0 saturated heterocycles. The number of nitrogens with two attached hydrogens (primary N) is 2. The van der Waals surface area contributed by atoms with Gasteiger partial charge in [0.25, 0.3) is 0 Å². The number of unbranched alkanes of at least 4 members (excludes halogenated alkanes) is 1. The van der Waals surface area contributed by atoms with Crippen molar-refractivity contribution >= 4 is 40.6 Å². The molecule has 1 heterocycles. The molecule has 0 fully saturated rings. The van der Waals surface area contributed by atoms with Gasteiger partial charge in [-0.15, -0.1) is 0 Å². The molecule has 214 valence electrons. The molecule has 0 saturated carbocycles. The van der Waals surface area contributed by atoms with Gasteiger partial charge in [0, 0.05) is 23.5 Å². The van der Waals surface area contributed by atoms with Crippen LogP contribution in [-0.4, -0.2) is 86.8 Å². The van der Waals surface area contributed by atoms with Crippen molar-refractivity contribution in [3.05, 3.63) is 36.0 Å². The highest BCUT2D eigenvalue weighted by Gasteiger charge is 2.33. The van der Waals surface area contributed by atoms with Crippen LogP contribution in [0.25, 0.3) is 10.9 Å². The van der Waals surface area contributed by atoms with E-state index in [2.05, 4.69) is 15.6 Å². The summed E-state index contributed by atoms with van der Waals surface area (Å²) in [4.78, 5) is 64.8. The maximum Gasteiger partial charge on any atom is 0.328 e. The number of amides is 3. The zero-order valence-electron chi connectivity index (χ0n) is 21.6. The van der Waals surface area contributed by atoms with Crippen molar-refractivity contribution in [3.63, 3.8) is 0 Å². The summed E-state index contributed by atoms with van der Waals surface area (Å²) in [6.45, 7) is 1.57. The third kappa shape index (κ3) is 9.35. The van der Waals surface area contributed by atoms with E-state index in [1.807, 2.05) is 23.5 Å². The Labute approximate surface area is 224 Å². The van der Waals surface area contributed by atoms with Crippen LogP contribution in [-0.2, 0) is 30.4 Å². The third-order valence-corrected chi connectivity index (χ3v) is 6.10. The van der Waals surface area contributed by atoms with Gasteiger partial charge in [-0.25, -0.2) is 4.79 Å². The summed E-state index contributed by atoms with van der Waals surface area (Å²) < 4.78 is 0. The average molecular weight is 549 g/mol. The van der Waals surface area contributed by atoms with E-state index < -0.39 is 66.4 Å². The largest absolute Gasteiger partial charge is 0.481 e. The highest BCUT2D eigenvalue weighted by molar-refractivity contribution is 5.96. The number of hydrogen-bond donors (Lipinski definition) is 9. The molecule has 14 heteroatoms. The second-order valence-electron chi connectivity index (χ2n) is 9.24. The lowest BCUT2D eigenvalue weighted by Crippen LogP contribution is -2.59. The number of para-hydroxylation sites is 1. The Morgan fingerprint density at radius 2 is 1.59 bits per heavy atom. The Balaban J connectivity index is 2.29. The Bertz CT molecular complexity index is 1170. The van der Waals surface area contributed by atoms with E-state index in [-0.39, 0.29) is 6.42 Å². The molecule has 14 nitrogen and oxygen atoms in total. The lowest BCUT2D eigenvalue weighted by Gasteiger charge is -2.25. The minimum absolute atomic E-state index is 0.0239. The van der Waals surface area contributed by atoms with E-state index in [0.29, 0.717) is 31.4 Å². The number of aromatic nitrogens is 1. The smallest absolute Gasteiger partial charge is 0.328 e. The van der Waals surface area contributed by atoms with Gasteiger partial charge in [0.1, 0.15) is 12.1 Å². The number of aliphatic hydroxyl groups is 1. The summed E-state index contributed by atoms with van der Waals surface area (Å²) in [5.41, 5.74) is 12.9.